The van der Waals surface area contributed by atoms with Crippen LogP contribution in [0.3, 0.4) is 0 Å². The molecule has 0 aliphatic carbocycles. The standard InChI is InChI=1S/C14H18N4O/c1-10-13(11(2)18(3)17-10)9-16-14(19)8-12-4-6-15-7-5-12/h4-7H,8-9H2,1-3H3,(H,16,19). The van der Waals surface area contributed by atoms with Gasteiger partial charge < -0.3 is 5.32 Å². The molecule has 100 valence electrons. The van der Waals surface area contributed by atoms with Crippen molar-refractivity contribution in [2.24, 2.45) is 7.05 Å². The Kier molecular flexibility index (Phi) is 3.94. The Morgan fingerprint density at radius 1 is 1.32 bits per heavy atom. The molecule has 0 spiro atoms. The summed E-state index contributed by atoms with van der Waals surface area (Å²) in [7, 11) is 1.91. The summed E-state index contributed by atoms with van der Waals surface area (Å²) in [5.74, 6) is 0.00820. The van der Waals surface area contributed by atoms with Crippen LogP contribution in [0.25, 0.3) is 0 Å². The third-order valence-corrected chi connectivity index (χ3v) is 3.24. The lowest BCUT2D eigenvalue weighted by Gasteiger charge is -2.06. The predicted octanol–water partition coefficient (Wildman–Crippen LogP) is 1.29. The highest BCUT2D eigenvalue weighted by Crippen LogP contribution is 2.11. The number of aryl methyl sites for hydroxylation is 2. The van der Waals surface area contributed by atoms with E-state index in [1.165, 1.54) is 0 Å². The Bertz CT molecular complexity index is 575. The summed E-state index contributed by atoms with van der Waals surface area (Å²) < 4.78 is 1.83. The minimum absolute atomic E-state index is 0.00820. The van der Waals surface area contributed by atoms with Gasteiger partial charge >= 0.3 is 0 Å². The molecular weight excluding hydrogens is 240 g/mol. The second-order valence-electron chi connectivity index (χ2n) is 4.58. The molecule has 0 unspecified atom stereocenters. The molecule has 2 rings (SSSR count). The van der Waals surface area contributed by atoms with E-state index in [0.717, 1.165) is 22.5 Å². The Morgan fingerprint density at radius 2 is 2.00 bits per heavy atom. The molecule has 0 bridgehead atoms. The summed E-state index contributed by atoms with van der Waals surface area (Å²) in [5.41, 5.74) is 4.10. The van der Waals surface area contributed by atoms with Crippen LogP contribution in [0.4, 0.5) is 0 Å². The van der Waals surface area contributed by atoms with Crippen LogP contribution in [0.1, 0.15) is 22.5 Å². The van der Waals surface area contributed by atoms with Crippen LogP contribution in [0.5, 0.6) is 0 Å². The first kappa shape index (κ1) is 13.3. The number of nitrogens with one attached hydrogen (secondary N) is 1. The van der Waals surface area contributed by atoms with Gasteiger partial charge in [-0.15, -0.1) is 0 Å². The summed E-state index contributed by atoms with van der Waals surface area (Å²) in [5, 5.41) is 7.26. The molecule has 5 heteroatoms. The second kappa shape index (κ2) is 5.65. The largest absolute Gasteiger partial charge is 0.352 e. The van der Waals surface area contributed by atoms with Crippen molar-refractivity contribution in [3.63, 3.8) is 0 Å². The predicted molar refractivity (Wildman–Crippen MR) is 72.5 cm³/mol. The summed E-state index contributed by atoms with van der Waals surface area (Å²) in [6.07, 6.45) is 3.76. The molecule has 0 atom stereocenters. The fourth-order valence-electron chi connectivity index (χ4n) is 2.01. The molecule has 2 aromatic heterocycles. The molecule has 0 aliphatic heterocycles. The quantitative estimate of drug-likeness (QED) is 0.899. The van der Waals surface area contributed by atoms with Crippen LogP contribution < -0.4 is 5.32 Å². The maximum Gasteiger partial charge on any atom is 0.224 e. The van der Waals surface area contributed by atoms with Crippen LogP contribution in [0.2, 0.25) is 0 Å². The fraction of sp³-hybridized carbons (Fsp3) is 0.357. The Balaban J connectivity index is 1.94. The van der Waals surface area contributed by atoms with Gasteiger partial charge in [0.2, 0.25) is 5.91 Å². The smallest absolute Gasteiger partial charge is 0.224 e. The number of nitrogens with zero attached hydrogens (tertiary/aromatic N) is 3. The highest BCUT2D eigenvalue weighted by atomic mass is 16.1. The number of aromatic nitrogens is 3. The molecule has 0 aliphatic rings. The summed E-state index contributed by atoms with van der Waals surface area (Å²) in [6.45, 7) is 4.48. The summed E-state index contributed by atoms with van der Waals surface area (Å²) >= 11 is 0. The number of carbonyl (C=O) groups excluding carboxylic acids is 1. The van der Waals surface area contributed by atoms with Crippen molar-refractivity contribution in [3.05, 3.63) is 47.0 Å². The van der Waals surface area contributed by atoms with Gasteiger partial charge in [-0.2, -0.15) is 5.10 Å². The Labute approximate surface area is 112 Å². The molecule has 0 saturated carbocycles. The zero-order valence-corrected chi connectivity index (χ0v) is 11.5. The normalized spacial score (nSPS) is 10.5. The molecule has 1 amide bonds. The average Bonchev–Trinajstić information content (AvgIpc) is 2.62. The van der Waals surface area contributed by atoms with Crippen molar-refractivity contribution < 1.29 is 4.79 Å². The third-order valence-electron chi connectivity index (χ3n) is 3.24. The minimum Gasteiger partial charge on any atom is -0.352 e. The first-order chi connectivity index (χ1) is 9.08. The molecule has 2 aromatic rings. The molecule has 1 N–H and O–H groups in total. The van der Waals surface area contributed by atoms with Crippen molar-refractivity contribution in [1.29, 1.82) is 0 Å². The Hall–Kier alpha value is -2.17. The van der Waals surface area contributed by atoms with Crippen LogP contribution in [0, 0.1) is 13.8 Å². The van der Waals surface area contributed by atoms with E-state index in [1.807, 2.05) is 37.7 Å². The SMILES string of the molecule is Cc1nn(C)c(C)c1CNC(=O)Cc1ccncc1. The monoisotopic (exact) mass is 258 g/mol. The van der Waals surface area contributed by atoms with Gasteiger partial charge in [-0.05, 0) is 31.5 Å². The van der Waals surface area contributed by atoms with Gasteiger partial charge in [-0.3, -0.25) is 14.5 Å². The number of rotatable bonds is 4. The van der Waals surface area contributed by atoms with Gasteiger partial charge in [0.15, 0.2) is 0 Å². The molecule has 2 heterocycles. The van der Waals surface area contributed by atoms with E-state index in [0.29, 0.717) is 13.0 Å². The molecule has 0 radical (unpaired) electrons. The van der Waals surface area contributed by atoms with E-state index >= 15 is 0 Å². The highest BCUT2D eigenvalue weighted by molar-refractivity contribution is 5.78. The molecule has 5 nitrogen and oxygen atoms in total. The maximum absolute atomic E-state index is 11.9. The van der Waals surface area contributed by atoms with E-state index in [4.69, 9.17) is 0 Å². The number of amides is 1. The van der Waals surface area contributed by atoms with Crippen LogP contribution in [-0.2, 0) is 24.8 Å². The lowest BCUT2D eigenvalue weighted by molar-refractivity contribution is -0.120. The first-order valence-electron chi connectivity index (χ1n) is 6.22. The van der Waals surface area contributed by atoms with Gasteiger partial charge in [-0.1, -0.05) is 0 Å². The Morgan fingerprint density at radius 3 is 2.58 bits per heavy atom. The van der Waals surface area contributed by atoms with E-state index in [9.17, 15) is 4.79 Å². The van der Waals surface area contributed by atoms with Gasteiger partial charge in [0, 0.05) is 37.2 Å². The summed E-state index contributed by atoms with van der Waals surface area (Å²) in [4.78, 5) is 15.8. The zero-order chi connectivity index (χ0) is 13.8. The topological polar surface area (TPSA) is 59.8 Å². The molecule has 0 saturated heterocycles. The van der Waals surface area contributed by atoms with Crippen molar-refractivity contribution in [3.8, 4) is 0 Å². The van der Waals surface area contributed by atoms with Crippen LogP contribution in [0.15, 0.2) is 24.5 Å². The van der Waals surface area contributed by atoms with Crippen molar-refractivity contribution >= 4 is 5.91 Å². The van der Waals surface area contributed by atoms with Crippen molar-refractivity contribution in [2.45, 2.75) is 26.8 Å². The van der Waals surface area contributed by atoms with E-state index in [1.54, 1.807) is 12.4 Å². The van der Waals surface area contributed by atoms with Gasteiger partial charge in [0.1, 0.15) is 0 Å². The molecule has 0 fully saturated rings. The summed E-state index contributed by atoms with van der Waals surface area (Å²) in [6, 6.07) is 3.69. The second-order valence-corrected chi connectivity index (χ2v) is 4.58. The zero-order valence-electron chi connectivity index (χ0n) is 11.5. The van der Waals surface area contributed by atoms with Gasteiger partial charge in [-0.25, -0.2) is 0 Å². The highest BCUT2D eigenvalue weighted by Gasteiger charge is 2.10. The first-order valence-corrected chi connectivity index (χ1v) is 6.22. The lowest BCUT2D eigenvalue weighted by Crippen LogP contribution is -2.25. The minimum atomic E-state index is 0.00820. The fourth-order valence-corrected chi connectivity index (χ4v) is 2.01. The number of pyridine rings is 1. The van der Waals surface area contributed by atoms with E-state index in [-0.39, 0.29) is 5.91 Å². The lowest BCUT2D eigenvalue weighted by atomic mass is 10.1. The van der Waals surface area contributed by atoms with E-state index < -0.39 is 0 Å². The third kappa shape index (κ3) is 3.19. The van der Waals surface area contributed by atoms with Crippen molar-refractivity contribution in [2.75, 3.05) is 0 Å². The van der Waals surface area contributed by atoms with Gasteiger partial charge in [0.05, 0.1) is 12.1 Å². The van der Waals surface area contributed by atoms with Gasteiger partial charge in [0.25, 0.3) is 0 Å². The maximum atomic E-state index is 11.9. The number of hydrogen-bond donors (Lipinski definition) is 1. The van der Waals surface area contributed by atoms with Crippen LogP contribution >= 0.6 is 0 Å². The number of carbonyl (C=O) groups is 1. The average molecular weight is 258 g/mol. The van der Waals surface area contributed by atoms with E-state index in [2.05, 4.69) is 15.4 Å². The van der Waals surface area contributed by atoms with Crippen molar-refractivity contribution in [1.82, 2.24) is 20.1 Å². The molecular formula is C14H18N4O. The molecule has 0 aromatic carbocycles. The molecule has 19 heavy (non-hydrogen) atoms. The number of hydrogen-bond acceptors (Lipinski definition) is 3. The van der Waals surface area contributed by atoms with Crippen LogP contribution in [-0.4, -0.2) is 20.7 Å².